The molecule has 1 atom stereocenters. The Balaban J connectivity index is 1.55. The van der Waals surface area contributed by atoms with Gasteiger partial charge in [-0.05, 0) is 69.3 Å². The molecule has 1 N–H and O–H groups in total. The molecule has 0 aromatic heterocycles. The number of carbonyl (C=O) groups excluding carboxylic acids is 1. The standard InChI is InChI=1S/C31H28N2O3/c1-4-33(20(2)3)23-15-16-26-29(19-23)35-28-17-14-22(32-21-10-6-5-7-11-21)18-27(28)31(26)25-13-9-8-12-24(25)30(34)36-31/h5-20,32H,4H2,1-3H3. The van der Waals surface area contributed by atoms with E-state index in [9.17, 15) is 4.79 Å². The van der Waals surface area contributed by atoms with E-state index in [2.05, 4.69) is 43.1 Å². The summed E-state index contributed by atoms with van der Waals surface area (Å²) in [6.45, 7) is 7.38. The molecule has 2 heterocycles. The van der Waals surface area contributed by atoms with Gasteiger partial charge in [0.2, 0.25) is 0 Å². The third-order valence-corrected chi connectivity index (χ3v) is 7.05. The van der Waals surface area contributed by atoms with Crippen molar-refractivity contribution in [1.82, 2.24) is 0 Å². The maximum atomic E-state index is 13.2. The Bertz CT molecular complexity index is 1460. The van der Waals surface area contributed by atoms with Crippen molar-refractivity contribution in [3.8, 4) is 11.5 Å². The molecule has 0 aliphatic carbocycles. The fourth-order valence-corrected chi connectivity index (χ4v) is 5.45. The highest BCUT2D eigenvalue weighted by atomic mass is 16.6. The van der Waals surface area contributed by atoms with E-state index in [0.29, 0.717) is 23.1 Å². The molecule has 5 heteroatoms. The van der Waals surface area contributed by atoms with E-state index in [1.54, 1.807) is 0 Å². The van der Waals surface area contributed by atoms with Crippen LogP contribution in [0.2, 0.25) is 0 Å². The van der Waals surface area contributed by atoms with Crippen LogP contribution in [0.25, 0.3) is 0 Å². The summed E-state index contributed by atoms with van der Waals surface area (Å²) in [4.78, 5) is 15.5. The van der Waals surface area contributed by atoms with E-state index in [1.807, 2.05) is 78.9 Å². The van der Waals surface area contributed by atoms with Gasteiger partial charge in [0.05, 0.1) is 5.56 Å². The number of hydrogen-bond donors (Lipinski definition) is 1. The Labute approximate surface area is 211 Å². The van der Waals surface area contributed by atoms with E-state index in [1.165, 1.54) is 0 Å². The number of hydrogen-bond acceptors (Lipinski definition) is 5. The van der Waals surface area contributed by atoms with Gasteiger partial charge < -0.3 is 19.7 Å². The number of ether oxygens (including phenoxy) is 2. The number of rotatable bonds is 5. The Morgan fingerprint density at radius 3 is 2.36 bits per heavy atom. The van der Waals surface area contributed by atoms with Crippen molar-refractivity contribution >= 4 is 23.0 Å². The highest BCUT2D eigenvalue weighted by Gasteiger charge is 2.53. The SMILES string of the molecule is CCN(c1ccc2c(c1)Oc1ccc(Nc3ccccc3)cc1C21OC(=O)c2ccccc21)C(C)C. The molecular weight excluding hydrogens is 448 g/mol. The molecule has 0 saturated heterocycles. The van der Waals surface area contributed by atoms with Crippen LogP contribution < -0.4 is 15.0 Å². The molecular formula is C31H28N2O3. The van der Waals surface area contributed by atoms with Gasteiger partial charge in [0.15, 0.2) is 5.60 Å². The summed E-state index contributed by atoms with van der Waals surface area (Å²) in [5, 5.41) is 3.46. The predicted octanol–water partition coefficient (Wildman–Crippen LogP) is 7.23. The minimum Gasteiger partial charge on any atom is -0.456 e. The van der Waals surface area contributed by atoms with Gasteiger partial charge >= 0.3 is 5.97 Å². The summed E-state index contributed by atoms with van der Waals surface area (Å²) in [7, 11) is 0. The lowest BCUT2D eigenvalue weighted by Gasteiger charge is -2.38. The van der Waals surface area contributed by atoms with Gasteiger partial charge in [-0.25, -0.2) is 4.79 Å². The van der Waals surface area contributed by atoms with Gasteiger partial charge in [0.25, 0.3) is 0 Å². The predicted molar refractivity (Wildman–Crippen MR) is 143 cm³/mol. The normalized spacial score (nSPS) is 17.2. The van der Waals surface area contributed by atoms with Crippen LogP contribution in [0.3, 0.4) is 0 Å². The van der Waals surface area contributed by atoms with Crippen LogP contribution in [0.4, 0.5) is 17.1 Å². The van der Waals surface area contributed by atoms with E-state index >= 15 is 0 Å². The lowest BCUT2D eigenvalue weighted by molar-refractivity contribution is 0.0224. The molecule has 1 unspecified atom stereocenters. The van der Waals surface area contributed by atoms with E-state index in [4.69, 9.17) is 9.47 Å². The third kappa shape index (κ3) is 3.34. The molecule has 0 amide bonds. The fourth-order valence-electron chi connectivity index (χ4n) is 5.45. The first-order valence-corrected chi connectivity index (χ1v) is 12.4. The number of nitrogens with zero attached hydrogens (tertiary/aromatic N) is 1. The number of carbonyl (C=O) groups is 1. The topological polar surface area (TPSA) is 50.8 Å². The summed E-state index contributed by atoms with van der Waals surface area (Å²) in [6, 6.07) is 30.2. The van der Waals surface area contributed by atoms with Crippen molar-refractivity contribution < 1.29 is 14.3 Å². The lowest BCUT2D eigenvalue weighted by atomic mass is 9.77. The van der Waals surface area contributed by atoms with Crippen LogP contribution in [0.5, 0.6) is 11.5 Å². The fraction of sp³-hybridized carbons (Fsp3) is 0.194. The molecule has 36 heavy (non-hydrogen) atoms. The van der Waals surface area contributed by atoms with Crippen LogP contribution in [0.1, 0.15) is 47.8 Å². The Morgan fingerprint density at radius 1 is 0.806 bits per heavy atom. The molecule has 6 rings (SSSR count). The van der Waals surface area contributed by atoms with Crippen LogP contribution in [-0.4, -0.2) is 18.6 Å². The molecule has 180 valence electrons. The summed E-state index contributed by atoms with van der Waals surface area (Å²) in [5.74, 6) is 1.05. The Morgan fingerprint density at radius 2 is 1.58 bits per heavy atom. The zero-order valence-corrected chi connectivity index (χ0v) is 20.6. The average molecular weight is 477 g/mol. The molecule has 5 nitrogen and oxygen atoms in total. The first kappa shape index (κ1) is 22.2. The molecule has 2 aliphatic heterocycles. The largest absolute Gasteiger partial charge is 0.456 e. The summed E-state index contributed by atoms with van der Waals surface area (Å²) >= 11 is 0. The van der Waals surface area contributed by atoms with E-state index in [-0.39, 0.29) is 5.97 Å². The maximum absolute atomic E-state index is 13.2. The monoisotopic (exact) mass is 476 g/mol. The van der Waals surface area contributed by atoms with Gasteiger partial charge in [0.1, 0.15) is 11.5 Å². The summed E-state index contributed by atoms with van der Waals surface area (Å²) < 4.78 is 12.8. The van der Waals surface area contributed by atoms with Gasteiger partial charge in [-0.2, -0.15) is 0 Å². The highest BCUT2D eigenvalue weighted by Crippen LogP contribution is 2.57. The zero-order chi connectivity index (χ0) is 24.9. The summed E-state index contributed by atoms with van der Waals surface area (Å²) in [5.41, 5.74) is 4.90. The van der Waals surface area contributed by atoms with Crippen molar-refractivity contribution in [2.24, 2.45) is 0 Å². The first-order valence-electron chi connectivity index (χ1n) is 12.4. The zero-order valence-electron chi connectivity index (χ0n) is 20.6. The number of benzene rings is 4. The average Bonchev–Trinajstić information content (AvgIpc) is 3.18. The number of nitrogens with one attached hydrogen (secondary N) is 1. The van der Waals surface area contributed by atoms with Gasteiger partial charge in [0, 0.05) is 52.4 Å². The van der Waals surface area contributed by atoms with Crippen molar-refractivity contribution in [3.05, 3.63) is 113 Å². The van der Waals surface area contributed by atoms with E-state index in [0.717, 1.165) is 40.3 Å². The highest BCUT2D eigenvalue weighted by molar-refractivity contribution is 5.97. The second-order valence-corrected chi connectivity index (χ2v) is 9.48. The number of fused-ring (bicyclic) bond motifs is 6. The van der Waals surface area contributed by atoms with Crippen molar-refractivity contribution in [2.75, 3.05) is 16.8 Å². The molecule has 4 aromatic rings. The van der Waals surface area contributed by atoms with Crippen molar-refractivity contribution in [1.29, 1.82) is 0 Å². The molecule has 0 radical (unpaired) electrons. The number of anilines is 3. The summed E-state index contributed by atoms with van der Waals surface area (Å²) in [6.07, 6.45) is 0. The number of para-hydroxylation sites is 1. The Hall–Kier alpha value is -4.25. The van der Waals surface area contributed by atoms with E-state index < -0.39 is 5.60 Å². The smallest absolute Gasteiger partial charge is 0.340 e. The van der Waals surface area contributed by atoms with Crippen LogP contribution >= 0.6 is 0 Å². The maximum Gasteiger partial charge on any atom is 0.340 e. The minimum absolute atomic E-state index is 0.327. The molecule has 4 aromatic carbocycles. The van der Waals surface area contributed by atoms with Gasteiger partial charge in [-0.15, -0.1) is 0 Å². The molecule has 2 aliphatic rings. The van der Waals surface area contributed by atoms with Crippen LogP contribution in [0.15, 0.2) is 91.0 Å². The first-order chi connectivity index (χ1) is 17.5. The molecule has 0 saturated carbocycles. The molecule has 0 fully saturated rings. The quantitative estimate of drug-likeness (QED) is 0.308. The van der Waals surface area contributed by atoms with Crippen molar-refractivity contribution in [3.63, 3.8) is 0 Å². The van der Waals surface area contributed by atoms with Crippen molar-refractivity contribution in [2.45, 2.75) is 32.4 Å². The lowest BCUT2D eigenvalue weighted by Crippen LogP contribution is -2.34. The second-order valence-electron chi connectivity index (χ2n) is 9.48. The molecule has 0 bridgehead atoms. The van der Waals surface area contributed by atoms with Gasteiger partial charge in [-0.3, -0.25) is 0 Å². The van der Waals surface area contributed by atoms with Gasteiger partial charge in [-0.1, -0.05) is 36.4 Å². The Kier molecular flexibility index (Phi) is 5.22. The second kappa shape index (κ2) is 8.45. The molecule has 1 spiro atoms. The van der Waals surface area contributed by atoms with Crippen LogP contribution in [0, 0.1) is 0 Å². The minimum atomic E-state index is -1.08. The third-order valence-electron chi connectivity index (χ3n) is 7.05. The van der Waals surface area contributed by atoms with Crippen LogP contribution in [-0.2, 0) is 10.3 Å². The number of esters is 1.